The summed E-state index contributed by atoms with van der Waals surface area (Å²) in [5, 5.41) is 3.10. The number of nitrogens with one attached hydrogen (secondary N) is 1. The van der Waals surface area contributed by atoms with Crippen LogP contribution >= 0.6 is 0 Å². The molecule has 2 nitrogen and oxygen atoms in total. The third kappa shape index (κ3) is 4.34. The van der Waals surface area contributed by atoms with Crippen molar-refractivity contribution < 1.29 is 4.74 Å². The molecule has 0 fully saturated rings. The number of aryl methyl sites for hydroxylation is 1. The van der Waals surface area contributed by atoms with E-state index in [1.807, 2.05) is 13.1 Å². The second-order valence-electron chi connectivity index (χ2n) is 3.88. The van der Waals surface area contributed by atoms with Gasteiger partial charge in [0.25, 0.3) is 0 Å². The van der Waals surface area contributed by atoms with Crippen LogP contribution in [0.4, 0.5) is 0 Å². The minimum atomic E-state index is 0.215. The Morgan fingerprint density at radius 3 is 2.87 bits per heavy atom. The first-order valence-electron chi connectivity index (χ1n) is 5.66. The maximum absolute atomic E-state index is 5.78. The van der Waals surface area contributed by atoms with Crippen LogP contribution in [0.15, 0.2) is 24.3 Å². The second-order valence-corrected chi connectivity index (χ2v) is 3.88. The topological polar surface area (TPSA) is 21.3 Å². The number of hydrogen-bond acceptors (Lipinski definition) is 2. The van der Waals surface area contributed by atoms with E-state index in [9.17, 15) is 0 Å². The molecule has 0 unspecified atom stereocenters. The van der Waals surface area contributed by atoms with Gasteiger partial charge in [0, 0.05) is 6.54 Å². The van der Waals surface area contributed by atoms with Crippen molar-refractivity contribution in [3.63, 3.8) is 0 Å². The average Bonchev–Trinajstić information content (AvgIpc) is 2.19. The van der Waals surface area contributed by atoms with Crippen LogP contribution in [-0.2, 0) is 6.42 Å². The Morgan fingerprint density at radius 2 is 2.20 bits per heavy atom. The quantitative estimate of drug-likeness (QED) is 0.774. The lowest BCUT2D eigenvalue weighted by atomic mass is 10.1. The summed E-state index contributed by atoms with van der Waals surface area (Å²) in [7, 11) is 1.94. The van der Waals surface area contributed by atoms with Gasteiger partial charge in [-0.25, -0.2) is 0 Å². The van der Waals surface area contributed by atoms with E-state index in [2.05, 4.69) is 37.4 Å². The summed E-state index contributed by atoms with van der Waals surface area (Å²) in [6, 6.07) is 8.37. The number of rotatable bonds is 6. The van der Waals surface area contributed by atoms with Gasteiger partial charge in [0.1, 0.15) is 11.9 Å². The van der Waals surface area contributed by atoms with E-state index >= 15 is 0 Å². The summed E-state index contributed by atoms with van der Waals surface area (Å²) < 4.78 is 5.78. The molecule has 0 saturated heterocycles. The lowest BCUT2D eigenvalue weighted by molar-refractivity contribution is 0.220. The largest absolute Gasteiger partial charge is 0.489 e. The minimum absolute atomic E-state index is 0.215. The van der Waals surface area contributed by atoms with Crippen LogP contribution in [0.25, 0.3) is 0 Å². The van der Waals surface area contributed by atoms with Crippen molar-refractivity contribution in [3.05, 3.63) is 29.8 Å². The SMILES string of the molecule is CCCc1cccc(O[C@H](C)CNC)c1. The monoisotopic (exact) mass is 207 g/mol. The highest BCUT2D eigenvalue weighted by Gasteiger charge is 2.02. The van der Waals surface area contributed by atoms with Crippen molar-refractivity contribution in [2.75, 3.05) is 13.6 Å². The number of ether oxygens (including phenoxy) is 1. The van der Waals surface area contributed by atoms with Crippen molar-refractivity contribution in [3.8, 4) is 5.75 Å². The Hall–Kier alpha value is -1.02. The normalized spacial score (nSPS) is 12.5. The molecule has 1 N–H and O–H groups in total. The third-order valence-electron chi connectivity index (χ3n) is 2.27. The van der Waals surface area contributed by atoms with E-state index in [4.69, 9.17) is 4.74 Å². The summed E-state index contributed by atoms with van der Waals surface area (Å²) in [5.74, 6) is 0.976. The number of hydrogen-bond donors (Lipinski definition) is 1. The highest BCUT2D eigenvalue weighted by Crippen LogP contribution is 2.15. The van der Waals surface area contributed by atoms with Gasteiger partial charge in [0.15, 0.2) is 0 Å². The number of likely N-dealkylation sites (N-methyl/N-ethyl adjacent to an activating group) is 1. The standard InChI is InChI=1S/C13H21NO/c1-4-6-12-7-5-8-13(9-12)15-11(2)10-14-3/h5,7-9,11,14H,4,6,10H2,1-3H3/t11-/m1/s1. The molecule has 0 aliphatic carbocycles. The first-order chi connectivity index (χ1) is 7.26. The van der Waals surface area contributed by atoms with Gasteiger partial charge in [-0.1, -0.05) is 25.5 Å². The van der Waals surface area contributed by atoms with E-state index in [0.717, 1.165) is 18.7 Å². The molecule has 84 valence electrons. The predicted octanol–water partition coefficient (Wildman–Crippen LogP) is 2.63. The predicted molar refractivity (Wildman–Crippen MR) is 64.5 cm³/mol. The molecular weight excluding hydrogens is 186 g/mol. The van der Waals surface area contributed by atoms with Crippen LogP contribution in [0.5, 0.6) is 5.75 Å². The van der Waals surface area contributed by atoms with Gasteiger partial charge >= 0.3 is 0 Å². The van der Waals surface area contributed by atoms with Crippen LogP contribution < -0.4 is 10.1 Å². The summed E-state index contributed by atoms with van der Waals surface area (Å²) in [6.07, 6.45) is 2.51. The van der Waals surface area contributed by atoms with Crippen molar-refractivity contribution >= 4 is 0 Å². The summed E-state index contributed by atoms with van der Waals surface area (Å²) >= 11 is 0. The molecule has 0 aliphatic heterocycles. The Kier molecular flexibility index (Phi) is 5.19. The molecule has 0 radical (unpaired) electrons. The third-order valence-corrected chi connectivity index (χ3v) is 2.27. The maximum atomic E-state index is 5.78. The molecule has 0 amide bonds. The fraction of sp³-hybridized carbons (Fsp3) is 0.538. The Labute approximate surface area is 92.6 Å². The van der Waals surface area contributed by atoms with Crippen LogP contribution in [0.1, 0.15) is 25.8 Å². The van der Waals surface area contributed by atoms with Gasteiger partial charge in [-0.15, -0.1) is 0 Å². The van der Waals surface area contributed by atoms with Crippen molar-refractivity contribution in [1.29, 1.82) is 0 Å². The zero-order valence-corrected chi connectivity index (χ0v) is 9.92. The van der Waals surface area contributed by atoms with Gasteiger partial charge in [0.2, 0.25) is 0 Å². The van der Waals surface area contributed by atoms with Gasteiger partial charge in [-0.05, 0) is 38.1 Å². The maximum Gasteiger partial charge on any atom is 0.120 e. The molecule has 2 heteroatoms. The molecule has 0 heterocycles. The first-order valence-corrected chi connectivity index (χ1v) is 5.66. The number of benzene rings is 1. The highest BCUT2D eigenvalue weighted by molar-refractivity contribution is 5.28. The minimum Gasteiger partial charge on any atom is -0.489 e. The highest BCUT2D eigenvalue weighted by atomic mass is 16.5. The Balaban J connectivity index is 2.56. The molecule has 1 atom stereocenters. The molecule has 1 aromatic carbocycles. The van der Waals surface area contributed by atoms with E-state index in [1.165, 1.54) is 12.0 Å². The summed E-state index contributed by atoms with van der Waals surface area (Å²) in [5.41, 5.74) is 1.35. The molecule has 1 rings (SSSR count). The molecule has 0 aromatic heterocycles. The van der Waals surface area contributed by atoms with Gasteiger partial charge < -0.3 is 10.1 Å². The van der Waals surface area contributed by atoms with Gasteiger partial charge in [-0.2, -0.15) is 0 Å². The van der Waals surface area contributed by atoms with Crippen LogP contribution in [-0.4, -0.2) is 19.7 Å². The second kappa shape index (κ2) is 6.46. The molecule has 0 aliphatic rings. The van der Waals surface area contributed by atoms with Crippen LogP contribution in [0.2, 0.25) is 0 Å². The summed E-state index contributed by atoms with van der Waals surface area (Å²) in [6.45, 7) is 5.14. The Bertz CT molecular complexity index is 286. The van der Waals surface area contributed by atoms with Crippen molar-refractivity contribution in [2.45, 2.75) is 32.8 Å². The smallest absolute Gasteiger partial charge is 0.120 e. The molecule has 15 heavy (non-hydrogen) atoms. The molecular formula is C13H21NO. The van der Waals surface area contributed by atoms with E-state index in [1.54, 1.807) is 0 Å². The van der Waals surface area contributed by atoms with E-state index < -0.39 is 0 Å². The van der Waals surface area contributed by atoms with Gasteiger partial charge in [-0.3, -0.25) is 0 Å². The van der Waals surface area contributed by atoms with Crippen LogP contribution in [0, 0.1) is 0 Å². The van der Waals surface area contributed by atoms with Crippen molar-refractivity contribution in [2.24, 2.45) is 0 Å². The molecule has 1 aromatic rings. The molecule has 0 bridgehead atoms. The van der Waals surface area contributed by atoms with Crippen molar-refractivity contribution in [1.82, 2.24) is 5.32 Å². The zero-order valence-electron chi connectivity index (χ0n) is 9.92. The first kappa shape index (κ1) is 12.1. The summed E-state index contributed by atoms with van der Waals surface area (Å²) in [4.78, 5) is 0. The fourth-order valence-electron chi connectivity index (χ4n) is 1.62. The lowest BCUT2D eigenvalue weighted by Gasteiger charge is -2.14. The van der Waals surface area contributed by atoms with Gasteiger partial charge in [0.05, 0.1) is 0 Å². The zero-order chi connectivity index (χ0) is 11.1. The molecule has 0 saturated carbocycles. The van der Waals surface area contributed by atoms with Crippen LogP contribution in [0.3, 0.4) is 0 Å². The fourth-order valence-corrected chi connectivity index (χ4v) is 1.62. The van der Waals surface area contributed by atoms with E-state index in [-0.39, 0.29) is 6.10 Å². The average molecular weight is 207 g/mol. The lowest BCUT2D eigenvalue weighted by Crippen LogP contribution is -2.26. The Morgan fingerprint density at radius 1 is 1.40 bits per heavy atom. The van der Waals surface area contributed by atoms with E-state index in [0.29, 0.717) is 0 Å². The molecule has 0 spiro atoms.